The van der Waals surface area contributed by atoms with Crippen molar-refractivity contribution in [1.82, 2.24) is 24.1 Å². The van der Waals surface area contributed by atoms with Crippen LogP contribution in [0, 0.1) is 11.8 Å². The number of rotatable bonds is 3. The smallest absolute Gasteiger partial charge is 0.324 e. The number of aryl methyl sites for hydroxylation is 1. The third-order valence-corrected chi connectivity index (χ3v) is 6.04. The highest BCUT2D eigenvalue weighted by Crippen LogP contribution is 2.32. The molecule has 0 saturated heterocycles. The van der Waals surface area contributed by atoms with E-state index in [9.17, 15) is 21.6 Å². The van der Waals surface area contributed by atoms with Gasteiger partial charge in [-0.15, -0.1) is 0 Å². The van der Waals surface area contributed by atoms with Gasteiger partial charge in [-0.2, -0.15) is 13.2 Å². The van der Waals surface area contributed by atoms with E-state index in [1.165, 1.54) is 23.1 Å². The van der Waals surface area contributed by atoms with Gasteiger partial charge >= 0.3 is 6.18 Å². The molecule has 3 aromatic rings. The molecule has 28 heavy (non-hydrogen) atoms. The minimum absolute atomic E-state index is 0.0356. The van der Waals surface area contributed by atoms with E-state index >= 15 is 0 Å². The standard InChI is InChI=1S/C17H16F3N5O2S/c1-5-7-13-23-14(16(25(13)4)28(26,27)6-2)15-22-10-8-12(17(18,19)20)21-9-11(10)24(15)3/h8-9H,6H2,1-4H3. The van der Waals surface area contributed by atoms with E-state index in [1.54, 1.807) is 14.0 Å². The number of halogens is 3. The maximum Gasteiger partial charge on any atom is 0.433 e. The third-order valence-electron chi connectivity index (χ3n) is 4.22. The molecule has 7 nitrogen and oxygen atoms in total. The van der Waals surface area contributed by atoms with Crippen LogP contribution < -0.4 is 0 Å². The molecule has 3 rings (SSSR count). The highest BCUT2D eigenvalue weighted by atomic mass is 32.2. The first-order chi connectivity index (χ1) is 13.0. The van der Waals surface area contributed by atoms with Gasteiger partial charge in [0.05, 0.1) is 23.0 Å². The summed E-state index contributed by atoms with van der Waals surface area (Å²) in [5.74, 6) is 5.53. The summed E-state index contributed by atoms with van der Waals surface area (Å²) in [6.45, 7) is 3.08. The summed E-state index contributed by atoms with van der Waals surface area (Å²) in [7, 11) is -0.631. The quantitative estimate of drug-likeness (QED) is 0.619. The summed E-state index contributed by atoms with van der Waals surface area (Å²) >= 11 is 0. The van der Waals surface area contributed by atoms with Crippen LogP contribution in [0.4, 0.5) is 13.2 Å². The Hall–Kier alpha value is -2.87. The van der Waals surface area contributed by atoms with Gasteiger partial charge in [-0.05, 0) is 18.9 Å². The molecule has 3 heterocycles. The Balaban J connectivity index is 2.34. The highest BCUT2D eigenvalue weighted by Gasteiger charge is 2.34. The van der Waals surface area contributed by atoms with Gasteiger partial charge in [-0.25, -0.2) is 23.4 Å². The number of hydrogen-bond acceptors (Lipinski definition) is 5. The molecule has 0 saturated carbocycles. The van der Waals surface area contributed by atoms with Crippen LogP contribution in [-0.2, 0) is 30.1 Å². The van der Waals surface area contributed by atoms with Gasteiger partial charge in [0, 0.05) is 14.1 Å². The largest absolute Gasteiger partial charge is 0.433 e. The summed E-state index contributed by atoms with van der Waals surface area (Å²) in [4.78, 5) is 11.9. The minimum Gasteiger partial charge on any atom is -0.324 e. The zero-order chi connectivity index (χ0) is 20.9. The van der Waals surface area contributed by atoms with E-state index in [-0.39, 0.29) is 33.6 Å². The second kappa shape index (κ2) is 6.63. The molecule has 0 aliphatic rings. The number of imidazole rings is 2. The van der Waals surface area contributed by atoms with Crippen molar-refractivity contribution in [2.24, 2.45) is 14.1 Å². The van der Waals surface area contributed by atoms with E-state index in [2.05, 4.69) is 26.8 Å². The molecule has 3 aromatic heterocycles. The van der Waals surface area contributed by atoms with Gasteiger partial charge in [0.15, 0.2) is 26.5 Å². The molecule has 148 valence electrons. The monoisotopic (exact) mass is 411 g/mol. The van der Waals surface area contributed by atoms with Gasteiger partial charge < -0.3 is 9.13 Å². The lowest BCUT2D eigenvalue weighted by atomic mass is 10.3. The summed E-state index contributed by atoms with van der Waals surface area (Å²) in [6.07, 6.45) is -3.56. The van der Waals surface area contributed by atoms with E-state index in [1.807, 2.05) is 0 Å². The van der Waals surface area contributed by atoms with Gasteiger partial charge in [-0.1, -0.05) is 12.8 Å². The first kappa shape index (κ1) is 19.9. The van der Waals surface area contributed by atoms with Crippen LogP contribution in [0.3, 0.4) is 0 Å². The lowest BCUT2D eigenvalue weighted by molar-refractivity contribution is -0.141. The number of sulfone groups is 1. The SMILES string of the molecule is CC#Cc1nc(-c2nc3cc(C(F)(F)F)ncc3n2C)c(S(=O)(=O)CC)n1C. The molecule has 0 aromatic carbocycles. The molecule has 0 bridgehead atoms. The molecule has 0 atom stereocenters. The van der Waals surface area contributed by atoms with E-state index < -0.39 is 21.7 Å². The van der Waals surface area contributed by atoms with E-state index in [0.29, 0.717) is 5.52 Å². The zero-order valence-corrected chi connectivity index (χ0v) is 16.3. The van der Waals surface area contributed by atoms with Crippen molar-refractivity contribution in [3.63, 3.8) is 0 Å². The van der Waals surface area contributed by atoms with E-state index in [0.717, 1.165) is 12.3 Å². The molecule has 0 N–H and O–H groups in total. The van der Waals surface area contributed by atoms with Crippen LogP contribution in [0.2, 0.25) is 0 Å². The zero-order valence-electron chi connectivity index (χ0n) is 15.5. The second-order valence-corrected chi connectivity index (χ2v) is 8.17. The summed E-state index contributed by atoms with van der Waals surface area (Å²) in [5, 5.41) is -0.0878. The molecule has 11 heteroatoms. The molecule has 0 radical (unpaired) electrons. The topological polar surface area (TPSA) is 82.7 Å². The lowest BCUT2D eigenvalue weighted by Crippen LogP contribution is -2.11. The molecule has 0 aliphatic heterocycles. The highest BCUT2D eigenvalue weighted by molar-refractivity contribution is 7.91. The average Bonchev–Trinajstić information content (AvgIpc) is 3.12. The fourth-order valence-corrected chi connectivity index (χ4v) is 4.01. The number of alkyl halides is 3. The Morgan fingerprint density at radius 3 is 2.43 bits per heavy atom. The van der Waals surface area contributed by atoms with Crippen molar-refractivity contribution in [2.75, 3.05) is 5.75 Å². The molecule has 0 spiro atoms. The Bertz CT molecular complexity index is 1240. The summed E-state index contributed by atoms with van der Waals surface area (Å²) in [6, 6.07) is 0.822. The summed E-state index contributed by atoms with van der Waals surface area (Å²) in [5.41, 5.74) is -0.691. The first-order valence-electron chi connectivity index (χ1n) is 8.13. The van der Waals surface area contributed by atoms with Crippen molar-refractivity contribution in [2.45, 2.75) is 25.0 Å². The maximum atomic E-state index is 12.9. The van der Waals surface area contributed by atoms with Gasteiger partial charge in [0.1, 0.15) is 11.4 Å². The van der Waals surface area contributed by atoms with E-state index in [4.69, 9.17) is 0 Å². The summed E-state index contributed by atoms with van der Waals surface area (Å²) < 4.78 is 66.9. The van der Waals surface area contributed by atoms with Crippen LogP contribution in [-0.4, -0.2) is 38.3 Å². The Morgan fingerprint density at radius 1 is 1.18 bits per heavy atom. The Morgan fingerprint density at radius 2 is 1.86 bits per heavy atom. The molecule has 0 unspecified atom stereocenters. The van der Waals surface area contributed by atoms with Crippen molar-refractivity contribution in [1.29, 1.82) is 0 Å². The first-order valence-corrected chi connectivity index (χ1v) is 9.78. The maximum absolute atomic E-state index is 12.9. The Kier molecular flexibility index (Phi) is 4.71. The third kappa shape index (κ3) is 3.13. The predicted molar refractivity (Wildman–Crippen MR) is 96.0 cm³/mol. The van der Waals surface area contributed by atoms with Crippen LogP contribution in [0.25, 0.3) is 22.6 Å². The van der Waals surface area contributed by atoms with Crippen LogP contribution in [0.5, 0.6) is 0 Å². The lowest BCUT2D eigenvalue weighted by Gasteiger charge is -2.06. The Labute approximate surface area is 159 Å². The minimum atomic E-state index is -4.61. The van der Waals surface area contributed by atoms with Crippen LogP contribution in [0.1, 0.15) is 25.4 Å². The van der Waals surface area contributed by atoms with Crippen molar-refractivity contribution in [3.05, 3.63) is 23.8 Å². The number of pyridine rings is 1. The number of hydrogen-bond donors (Lipinski definition) is 0. The second-order valence-electron chi connectivity index (χ2n) is 5.98. The fraction of sp³-hybridized carbons (Fsp3) is 0.353. The number of aromatic nitrogens is 5. The average molecular weight is 411 g/mol. The van der Waals surface area contributed by atoms with Crippen LogP contribution in [0.15, 0.2) is 17.3 Å². The molecular formula is C17H16F3N5O2S. The molecule has 0 fully saturated rings. The molecular weight excluding hydrogens is 395 g/mol. The normalized spacial score (nSPS) is 12.2. The fourth-order valence-electron chi connectivity index (χ4n) is 2.80. The van der Waals surface area contributed by atoms with Gasteiger partial charge in [0.2, 0.25) is 0 Å². The van der Waals surface area contributed by atoms with Crippen molar-refractivity contribution >= 4 is 20.9 Å². The predicted octanol–water partition coefficient (Wildman–Crippen LogP) is 2.55. The van der Waals surface area contributed by atoms with Crippen molar-refractivity contribution < 1.29 is 21.6 Å². The van der Waals surface area contributed by atoms with Gasteiger partial charge in [0.25, 0.3) is 0 Å². The number of nitrogens with zero attached hydrogens (tertiary/aromatic N) is 5. The van der Waals surface area contributed by atoms with Crippen LogP contribution >= 0.6 is 0 Å². The number of fused-ring (bicyclic) bond motifs is 1. The molecule has 0 aliphatic carbocycles. The molecule has 0 amide bonds. The van der Waals surface area contributed by atoms with Gasteiger partial charge in [-0.3, -0.25) is 0 Å². The van der Waals surface area contributed by atoms with Crippen molar-refractivity contribution in [3.8, 4) is 23.4 Å².